The van der Waals surface area contributed by atoms with Crippen molar-refractivity contribution in [2.75, 3.05) is 6.61 Å². The van der Waals surface area contributed by atoms with E-state index >= 15 is 0 Å². The molecule has 3 nitrogen and oxygen atoms in total. The quantitative estimate of drug-likeness (QED) is 0.714. The van der Waals surface area contributed by atoms with Crippen molar-refractivity contribution in [3.63, 3.8) is 0 Å². The highest BCUT2D eigenvalue weighted by molar-refractivity contribution is 5.92. The molecule has 86 valence electrons. The van der Waals surface area contributed by atoms with Gasteiger partial charge in [0.25, 0.3) is 0 Å². The molecule has 0 aromatic heterocycles. The van der Waals surface area contributed by atoms with Crippen LogP contribution in [0.1, 0.15) is 13.8 Å². The maximum absolute atomic E-state index is 12.3. The number of rotatable bonds is 3. The predicted octanol–water partition coefficient (Wildman–Crippen LogP) is 0.241. The Bertz CT molecular complexity index is 388. The van der Waals surface area contributed by atoms with Crippen LogP contribution in [0.25, 0.3) is 0 Å². The molecule has 16 heavy (non-hydrogen) atoms. The fourth-order valence-electron chi connectivity index (χ4n) is 6.91. The van der Waals surface area contributed by atoms with Crippen LogP contribution in [0.5, 0.6) is 0 Å². The molecule has 0 unspecified atom stereocenters. The molecule has 2 N–H and O–H groups in total. The van der Waals surface area contributed by atoms with Gasteiger partial charge in [0.2, 0.25) is 5.91 Å². The molecule has 6 fully saturated rings. The smallest absolute Gasteiger partial charge is 0.227 e. The average Bonchev–Trinajstić information content (AvgIpc) is 2.27. The second-order valence-corrected chi connectivity index (χ2v) is 6.99. The zero-order valence-electron chi connectivity index (χ0n) is 9.60. The molecule has 6 saturated carbocycles. The Labute approximate surface area is 94.6 Å². The van der Waals surface area contributed by atoms with Crippen molar-refractivity contribution >= 4 is 5.91 Å². The van der Waals surface area contributed by atoms with Crippen LogP contribution >= 0.6 is 0 Å². The van der Waals surface area contributed by atoms with Gasteiger partial charge < -0.3 is 10.4 Å². The van der Waals surface area contributed by atoms with Crippen molar-refractivity contribution in [3.05, 3.63) is 0 Å². The highest BCUT2D eigenvalue weighted by Crippen LogP contribution is 3.10. The molecule has 0 atom stereocenters. The number of aliphatic hydroxyl groups excluding tert-OH is 1. The summed E-state index contributed by atoms with van der Waals surface area (Å²) in [6, 6.07) is 0.264. The first-order valence-corrected chi connectivity index (χ1v) is 6.55. The van der Waals surface area contributed by atoms with Crippen LogP contribution in [0.15, 0.2) is 0 Å². The van der Waals surface area contributed by atoms with Gasteiger partial charge in [-0.25, -0.2) is 0 Å². The second-order valence-electron chi connectivity index (χ2n) is 6.99. The minimum atomic E-state index is 0.0706. The van der Waals surface area contributed by atoms with E-state index in [1.54, 1.807) is 0 Å². The van der Waals surface area contributed by atoms with Crippen molar-refractivity contribution < 1.29 is 9.90 Å². The van der Waals surface area contributed by atoms with E-state index in [-0.39, 0.29) is 11.5 Å². The summed E-state index contributed by atoms with van der Waals surface area (Å²) in [5.74, 6) is 4.52. The summed E-state index contributed by atoms with van der Waals surface area (Å²) in [6.45, 7) is 4.46. The standard InChI is InChI=1S/C13H17NO2/c1-4(2)14-11(16)13-8-5-9(13)7-10(13)6(8)12(5,7)3-15/h4-10,15H,3H2,1-2H3,(H,14,16). The molecule has 0 bridgehead atoms. The van der Waals surface area contributed by atoms with Crippen molar-refractivity contribution in [1.82, 2.24) is 5.32 Å². The summed E-state index contributed by atoms with van der Waals surface area (Å²) < 4.78 is 0. The van der Waals surface area contributed by atoms with Crippen molar-refractivity contribution in [3.8, 4) is 0 Å². The topological polar surface area (TPSA) is 49.3 Å². The maximum Gasteiger partial charge on any atom is 0.227 e. The summed E-state index contributed by atoms with van der Waals surface area (Å²) in [5.41, 5.74) is 0.404. The van der Waals surface area contributed by atoms with Crippen LogP contribution in [0.3, 0.4) is 0 Å². The zero-order valence-corrected chi connectivity index (χ0v) is 9.60. The molecule has 6 aliphatic carbocycles. The van der Waals surface area contributed by atoms with Crippen LogP contribution < -0.4 is 5.32 Å². The molecule has 0 aromatic rings. The fourth-order valence-corrected chi connectivity index (χ4v) is 6.91. The molecule has 0 aromatic carbocycles. The minimum Gasteiger partial charge on any atom is -0.396 e. The summed E-state index contributed by atoms with van der Waals surface area (Å²) in [6.07, 6.45) is 0. The molecule has 1 amide bonds. The van der Waals surface area contributed by atoms with E-state index in [1.165, 1.54) is 0 Å². The van der Waals surface area contributed by atoms with E-state index in [2.05, 4.69) is 5.32 Å². The zero-order chi connectivity index (χ0) is 11.0. The molecule has 0 radical (unpaired) electrons. The highest BCUT2D eigenvalue weighted by Gasteiger charge is 3.11. The van der Waals surface area contributed by atoms with Crippen LogP contribution in [0, 0.1) is 46.3 Å². The van der Waals surface area contributed by atoms with Gasteiger partial charge in [-0.15, -0.1) is 0 Å². The Balaban J connectivity index is 1.46. The van der Waals surface area contributed by atoms with Gasteiger partial charge in [0.05, 0.1) is 5.41 Å². The molecule has 0 heterocycles. The lowest BCUT2D eigenvalue weighted by Gasteiger charge is -3.10. The summed E-state index contributed by atoms with van der Waals surface area (Å²) in [4.78, 5) is 12.3. The van der Waals surface area contributed by atoms with Gasteiger partial charge in [-0.3, -0.25) is 4.79 Å². The first-order valence-electron chi connectivity index (χ1n) is 6.55. The van der Waals surface area contributed by atoms with Gasteiger partial charge >= 0.3 is 0 Å². The second kappa shape index (κ2) is 1.86. The molecule has 6 aliphatic rings. The summed E-state index contributed by atoms with van der Waals surface area (Å²) >= 11 is 0. The number of hydrogen-bond acceptors (Lipinski definition) is 2. The largest absolute Gasteiger partial charge is 0.396 e. The molecule has 0 spiro atoms. The number of hydrogen-bond donors (Lipinski definition) is 2. The first-order chi connectivity index (χ1) is 7.63. The number of amides is 1. The van der Waals surface area contributed by atoms with E-state index in [0.29, 0.717) is 35.7 Å². The Kier molecular flexibility index (Phi) is 0.988. The Hall–Kier alpha value is -0.570. The van der Waals surface area contributed by atoms with Gasteiger partial charge in [0.1, 0.15) is 0 Å². The third kappa shape index (κ3) is 0.396. The average molecular weight is 219 g/mol. The van der Waals surface area contributed by atoms with Gasteiger partial charge in [-0.2, -0.15) is 0 Å². The molecule has 0 saturated heterocycles. The van der Waals surface area contributed by atoms with Crippen LogP contribution in [-0.4, -0.2) is 23.7 Å². The number of carbonyl (C=O) groups excluding carboxylic acids is 1. The van der Waals surface area contributed by atoms with Gasteiger partial charge in [-0.05, 0) is 49.4 Å². The Morgan fingerprint density at radius 3 is 2.06 bits per heavy atom. The third-order valence-electron chi connectivity index (χ3n) is 6.92. The van der Waals surface area contributed by atoms with Gasteiger partial charge in [0.15, 0.2) is 0 Å². The highest BCUT2D eigenvalue weighted by atomic mass is 16.3. The molecule has 6 rings (SSSR count). The summed E-state index contributed by atoms with van der Waals surface area (Å²) in [7, 11) is 0. The van der Waals surface area contributed by atoms with Crippen molar-refractivity contribution in [2.45, 2.75) is 19.9 Å². The molecule has 0 aliphatic heterocycles. The minimum absolute atomic E-state index is 0.0706. The van der Waals surface area contributed by atoms with E-state index in [0.717, 1.165) is 17.8 Å². The Morgan fingerprint density at radius 2 is 1.69 bits per heavy atom. The van der Waals surface area contributed by atoms with E-state index in [4.69, 9.17) is 0 Å². The normalized spacial score (nSPS) is 69.2. The van der Waals surface area contributed by atoms with E-state index < -0.39 is 0 Å². The third-order valence-corrected chi connectivity index (χ3v) is 6.92. The predicted molar refractivity (Wildman–Crippen MR) is 56.2 cm³/mol. The monoisotopic (exact) mass is 219 g/mol. The lowest BCUT2D eigenvalue weighted by molar-refractivity contribution is -0.644. The van der Waals surface area contributed by atoms with Crippen LogP contribution in [0.2, 0.25) is 0 Å². The van der Waals surface area contributed by atoms with E-state index in [9.17, 15) is 9.90 Å². The number of carbonyl (C=O) groups is 1. The molecular weight excluding hydrogens is 202 g/mol. The number of nitrogens with one attached hydrogen (secondary N) is 1. The fraction of sp³-hybridized carbons (Fsp3) is 0.923. The Morgan fingerprint density at radius 1 is 1.19 bits per heavy atom. The SMILES string of the molecule is CC(C)NC(=O)C12C3C4C1C1C2C3C41CO. The lowest BCUT2D eigenvalue weighted by atomic mass is 8.92. The van der Waals surface area contributed by atoms with Gasteiger partial charge in [0, 0.05) is 18.1 Å². The van der Waals surface area contributed by atoms with Crippen molar-refractivity contribution in [1.29, 1.82) is 0 Å². The van der Waals surface area contributed by atoms with Crippen LogP contribution in [0.4, 0.5) is 0 Å². The molecule has 3 heteroatoms. The van der Waals surface area contributed by atoms with Crippen molar-refractivity contribution in [2.24, 2.45) is 46.3 Å². The van der Waals surface area contributed by atoms with E-state index in [1.807, 2.05) is 13.8 Å². The molecular formula is C13H17NO2. The van der Waals surface area contributed by atoms with Crippen LogP contribution in [-0.2, 0) is 4.79 Å². The van der Waals surface area contributed by atoms with Gasteiger partial charge in [-0.1, -0.05) is 0 Å². The maximum atomic E-state index is 12.3. The summed E-state index contributed by atoms with van der Waals surface area (Å²) in [5, 5.41) is 12.6. The number of aliphatic hydroxyl groups is 1. The first kappa shape index (κ1) is 8.51. The lowest BCUT2D eigenvalue weighted by Crippen LogP contribution is -3.11.